The van der Waals surface area contributed by atoms with E-state index in [1.165, 1.54) is 16.8 Å². The number of ether oxygens (including phenoxy) is 1. The van der Waals surface area contributed by atoms with Crippen LogP contribution in [0.2, 0.25) is 5.02 Å². The molecule has 1 aromatic carbocycles. The maximum Gasteiger partial charge on any atom is 0.151 e. The summed E-state index contributed by atoms with van der Waals surface area (Å²) >= 11 is 6.43. The van der Waals surface area contributed by atoms with E-state index >= 15 is 0 Å². The lowest BCUT2D eigenvalue weighted by atomic mass is 9.95. The van der Waals surface area contributed by atoms with Gasteiger partial charge in [0.25, 0.3) is 0 Å². The van der Waals surface area contributed by atoms with Crippen molar-refractivity contribution in [1.29, 1.82) is 0 Å². The highest BCUT2D eigenvalue weighted by atomic mass is 35.5. The van der Waals surface area contributed by atoms with Gasteiger partial charge in [0.1, 0.15) is 11.6 Å². The number of benzene rings is 1. The summed E-state index contributed by atoms with van der Waals surface area (Å²) in [6, 6.07) is 11.0. The predicted molar refractivity (Wildman–Crippen MR) is 133 cm³/mol. The Kier molecular flexibility index (Phi) is 5.79. The second-order valence-corrected chi connectivity index (χ2v) is 10.3. The number of fused-ring (bicyclic) bond motifs is 3. The molecule has 0 radical (unpaired) electrons. The van der Waals surface area contributed by atoms with Crippen molar-refractivity contribution in [2.24, 2.45) is 0 Å². The van der Waals surface area contributed by atoms with E-state index < -0.39 is 0 Å². The number of rotatable bonds is 3. The molecule has 0 spiro atoms. The molecule has 0 bridgehead atoms. The van der Waals surface area contributed by atoms with Gasteiger partial charge in [-0.2, -0.15) is 0 Å². The largest absolute Gasteiger partial charge is 0.380 e. The van der Waals surface area contributed by atoms with Crippen LogP contribution in [0.4, 0.5) is 5.82 Å². The number of hydrogen-bond donors (Lipinski definition) is 0. The molecule has 0 unspecified atom stereocenters. The lowest BCUT2D eigenvalue weighted by Gasteiger charge is -2.33. The van der Waals surface area contributed by atoms with E-state index in [4.69, 9.17) is 31.5 Å². The Morgan fingerprint density at radius 2 is 1.85 bits per heavy atom. The van der Waals surface area contributed by atoms with E-state index in [1.54, 1.807) is 0 Å². The highest BCUT2D eigenvalue weighted by Gasteiger charge is 2.33. The number of aromatic nitrogens is 4. The van der Waals surface area contributed by atoms with Gasteiger partial charge in [-0.05, 0) is 74.6 Å². The number of nitrogens with zero attached hydrogens (tertiary/aromatic N) is 6. The van der Waals surface area contributed by atoms with Crippen LogP contribution in [0.1, 0.15) is 53.7 Å². The molecule has 1 atom stereocenters. The minimum atomic E-state index is 0.369. The smallest absolute Gasteiger partial charge is 0.151 e. The third-order valence-electron chi connectivity index (χ3n) is 7.45. The Morgan fingerprint density at radius 3 is 2.62 bits per heavy atom. The first-order valence-electron chi connectivity index (χ1n) is 12.3. The molecule has 2 fully saturated rings. The van der Waals surface area contributed by atoms with E-state index in [-0.39, 0.29) is 0 Å². The fraction of sp³-hybridized carbons (Fsp3) is 0.500. The highest BCUT2D eigenvalue weighted by molar-refractivity contribution is 6.30. The van der Waals surface area contributed by atoms with Crippen molar-refractivity contribution >= 4 is 17.4 Å². The molecule has 2 aromatic heterocycles. The fourth-order valence-corrected chi connectivity index (χ4v) is 5.93. The van der Waals surface area contributed by atoms with Gasteiger partial charge in [0.15, 0.2) is 5.82 Å². The summed E-state index contributed by atoms with van der Waals surface area (Å²) in [4.78, 5) is 9.67. The van der Waals surface area contributed by atoms with Crippen LogP contribution >= 0.6 is 11.6 Å². The van der Waals surface area contributed by atoms with Gasteiger partial charge in [0.2, 0.25) is 0 Å². The molecule has 3 aliphatic heterocycles. The quantitative estimate of drug-likeness (QED) is 0.555. The van der Waals surface area contributed by atoms with Crippen LogP contribution in [0.15, 0.2) is 30.3 Å². The van der Waals surface area contributed by atoms with E-state index in [0.717, 1.165) is 86.8 Å². The molecular weight excluding hydrogens is 448 g/mol. The summed E-state index contributed by atoms with van der Waals surface area (Å²) < 4.78 is 8.01. The van der Waals surface area contributed by atoms with Crippen LogP contribution in [0.3, 0.4) is 0 Å². The lowest BCUT2D eigenvalue weighted by Crippen LogP contribution is -2.34. The van der Waals surface area contributed by atoms with Gasteiger partial charge in [-0.1, -0.05) is 11.6 Å². The Morgan fingerprint density at radius 1 is 1.00 bits per heavy atom. The number of piperidine rings is 1. The molecule has 7 nitrogen and oxygen atoms in total. The Labute approximate surface area is 205 Å². The van der Waals surface area contributed by atoms with Crippen LogP contribution in [-0.4, -0.2) is 57.0 Å². The minimum absolute atomic E-state index is 0.369. The van der Waals surface area contributed by atoms with Crippen molar-refractivity contribution in [2.75, 3.05) is 31.2 Å². The topological polar surface area (TPSA) is 59.3 Å². The number of anilines is 1. The summed E-state index contributed by atoms with van der Waals surface area (Å²) in [5.74, 6) is 3.55. The molecule has 0 amide bonds. The predicted octanol–water partition coefficient (Wildman–Crippen LogP) is 4.42. The van der Waals surface area contributed by atoms with Crippen LogP contribution in [0, 0.1) is 13.8 Å². The van der Waals surface area contributed by atoms with Crippen LogP contribution in [0.25, 0.3) is 5.69 Å². The van der Waals surface area contributed by atoms with Gasteiger partial charge >= 0.3 is 0 Å². The second kappa shape index (κ2) is 8.95. The van der Waals surface area contributed by atoms with E-state index in [2.05, 4.69) is 52.5 Å². The zero-order valence-electron chi connectivity index (χ0n) is 19.9. The average Bonchev–Trinajstić information content (AvgIpc) is 3.46. The zero-order chi connectivity index (χ0) is 23.2. The fourth-order valence-electron chi connectivity index (χ4n) is 5.73. The Balaban J connectivity index is 1.29. The average molecular weight is 479 g/mol. The first-order valence-corrected chi connectivity index (χ1v) is 12.7. The molecule has 3 aromatic rings. The third-order valence-corrected chi connectivity index (χ3v) is 7.68. The van der Waals surface area contributed by atoms with Gasteiger partial charge in [-0.15, -0.1) is 10.2 Å². The normalized spacial score (nSPS) is 21.4. The first-order chi connectivity index (χ1) is 16.5. The summed E-state index contributed by atoms with van der Waals surface area (Å²) in [5, 5.41) is 10.2. The first kappa shape index (κ1) is 22.0. The van der Waals surface area contributed by atoms with Crippen LogP contribution < -0.4 is 4.90 Å². The number of aryl methyl sites for hydroxylation is 2. The van der Waals surface area contributed by atoms with Crippen LogP contribution in [-0.2, 0) is 17.8 Å². The van der Waals surface area contributed by atoms with E-state index in [0.29, 0.717) is 12.0 Å². The zero-order valence-corrected chi connectivity index (χ0v) is 20.6. The lowest BCUT2D eigenvalue weighted by molar-refractivity contribution is 0.133. The molecular formula is C26H31ClN6O. The van der Waals surface area contributed by atoms with Crippen molar-refractivity contribution in [3.8, 4) is 5.69 Å². The summed E-state index contributed by atoms with van der Waals surface area (Å²) in [6.45, 7) is 9.39. The molecule has 0 saturated carbocycles. The van der Waals surface area contributed by atoms with Crippen LogP contribution in [0.5, 0.6) is 0 Å². The molecule has 0 aliphatic carbocycles. The molecule has 0 N–H and O–H groups in total. The number of halogens is 1. The van der Waals surface area contributed by atoms with Crippen molar-refractivity contribution in [1.82, 2.24) is 24.6 Å². The van der Waals surface area contributed by atoms with Gasteiger partial charge in [-0.3, -0.25) is 9.47 Å². The van der Waals surface area contributed by atoms with Crippen molar-refractivity contribution in [2.45, 2.75) is 58.2 Å². The Bertz CT molecular complexity index is 1180. The standard InChI is InChI=1S/C26H31ClN6O/c1-17-11-18(2)28-24(12-17)31-8-5-19(6-9-31)26-30-29-25-15-32(22-7-10-34-16-22)14-20-13-21(27)3-4-23(20)33(25)26/h3-4,11-13,19,22H,5-10,14-16H2,1-2H3/t22-/m0/s1. The molecule has 6 rings (SSSR count). The van der Waals surface area contributed by atoms with Crippen molar-refractivity contribution in [3.63, 3.8) is 0 Å². The minimum Gasteiger partial charge on any atom is -0.380 e. The van der Waals surface area contributed by atoms with Gasteiger partial charge in [0.05, 0.1) is 18.8 Å². The second-order valence-electron chi connectivity index (χ2n) is 9.91. The van der Waals surface area contributed by atoms with Gasteiger partial charge in [0, 0.05) is 48.9 Å². The molecule has 34 heavy (non-hydrogen) atoms. The summed E-state index contributed by atoms with van der Waals surface area (Å²) in [6.07, 6.45) is 3.13. The number of pyridine rings is 1. The maximum absolute atomic E-state index is 6.43. The van der Waals surface area contributed by atoms with Gasteiger partial charge < -0.3 is 9.64 Å². The monoisotopic (exact) mass is 478 g/mol. The van der Waals surface area contributed by atoms with E-state index in [1.807, 2.05) is 6.07 Å². The van der Waals surface area contributed by atoms with Gasteiger partial charge in [-0.25, -0.2) is 4.98 Å². The molecule has 178 valence electrons. The SMILES string of the molecule is Cc1cc(C)nc(N2CCC(c3nnc4n3-c3ccc(Cl)cc3CN([C@H]3CCOC3)C4)CC2)c1. The molecule has 5 heterocycles. The highest BCUT2D eigenvalue weighted by Crippen LogP contribution is 2.35. The van der Waals surface area contributed by atoms with Crippen molar-refractivity contribution in [3.05, 3.63) is 63.8 Å². The Hall–Kier alpha value is -2.48. The van der Waals surface area contributed by atoms with E-state index in [9.17, 15) is 0 Å². The molecule has 8 heteroatoms. The molecule has 2 saturated heterocycles. The molecule has 3 aliphatic rings. The third kappa shape index (κ3) is 4.10. The van der Waals surface area contributed by atoms with Crippen molar-refractivity contribution < 1.29 is 4.74 Å². The number of hydrogen-bond acceptors (Lipinski definition) is 6. The summed E-state index contributed by atoms with van der Waals surface area (Å²) in [5.41, 5.74) is 4.74. The summed E-state index contributed by atoms with van der Waals surface area (Å²) in [7, 11) is 0. The maximum atomic E-state index is 6.43.